The van der Waals surface area contributed by atoms with Crippen LogP contribution >= 0.6 is 0 Å². The van der Waals surface area contributed by atoms with Gasteiger partial charge in [0.25, 0.3) is 0 Å². The standard InChI is InChI=1S/C10H16N2/c1-3-12-10-8(2)5-4-6-9(10)7-11/h4-6,12H,3,7,11H2,1-2H3. The predicted molar refractivity (Wildman–Crippen MR) is 53.2 cm³/mol. The summed E-state index contributed by atoms with van der Waals surface area (Å²) in [6.07, 6.45) is 0. The first-order valence-electron chi connectivity index (χ1n) is 4.32. The number of nitrogens with one attached hydrogen (secondary N) is 1. The quantitative estimate of drug-likeness (QED) is 0.716. The summed E-state index contributed by atoms with van der Waals surface area (Å²) in [4.78, 5) is 0. The first-order chi connectivity index (χ1) is 5.79. The van der Waals surface area contributed by atoms with Gasteiger partial charge < -0.3 is 11.1 Å². The van der Waals surface area contributed by atoms with Crippen molar-refractivity contribution >= 4 is 5.69 Å². The second kappa shape index (κ2) is 4.12. The van der Waals surface area contributed by atoms with Crippen LogP contribution in [0.15, 0.2) is 18.2 Å². The zero-order chi connectivity index (χ0) is 8.97. The van der Waals surface area contributed by atoms with Gasteiger partial charge in [0, 0.05) is 18.8 Å². The molecular weight excluding hydrogens is 148 g/mol. The minimum absolute atomic E-state index is 0.601. The Labute approximate surface area is 73.8 Å². The molecule has 0 aromatic heterocycles. The maximum atomic E-state index is 5.61. The maximum Gasteiger partial charge on any atom is 0.0415 e. The molecule has 0 unspecified atom stereocenters. The monoisotopic (exact) mass is 164 g/mol. The Morgan fingerprint density at radius 3 is 2.75 bits per heavy atom. The largest absolute Gasteiger partial charge is 0.385 e. The average Bonchev–Trinajstić information content (AvgIpc) is 2.09. The molecule has 0 bridgehead atoms. The van der Waals surface area contributed by atoms with E-state index in [1.165, 1.54) is 16.8 Å². The molecule has 0 saturated carbocycles. The van der Waals surface area contributed by atoms with E-state index in [0.29, 0.717) is 6.54 Å². The predicted octanol–water partition coefficient (Wildman–Crippen LogP) is 1.89. The maximum absolute atomic E-state index is 5.61. The molecule has 0 heterocycles. The third-order valence-corrected chi connectivity index (χ3v) is 1.93. The Hall–Kier alpha value is -1.02. The molecule has 0 amide bonds. The summed E-state index contributed by atoms with van der Waals surface area (Å²) in [5.74, 6) is 0. The highest BCUT2D eigenvalue weighted by Crippen LogP contribution is 2.19. The zero-order valence-corrected chi connectivity index (χ0v) is 7.72. The topological polar surface area (TPSA) is 38.0 Å². The fourth-order valence-corrected chi connectivity index (χ4v) is 1.33. The Morgan fingerprint density at radius 2 is 2.17 bits per heavy atom. The van der Waals surface area contributed by atoms with Crippen LogP contribution in [0.2, 0.25) is 0 Å². The molecule has 66 valence electrons. The van der Waals surface area contributed by atoms with Crippen LogP contribution in [0.4, 0.5) is 5.69 Å². The molecule has 3 N–H and O–H groups in total. The number of anilines is 1. The third kappa shape index (κ3) is 1.77. The van der Waals surface area contributed by atoms with Crippen molar-refractivity contribution in [3.63, 3.8) is 0 Å². The minimum atomic E-state index is 0.601. The van der Waals surface area contributed by atoms with Crippen molar-refractivity contribution in [3.05, 3.63) is 29.3 Å². The highest BCUT2D eigenvalue weighted by Gasteiger charge is 2.01. The number of benzene rings is 1. The number of hydrogen-bond acceptors (Lipinski definition) is 2. The van der Waals surface area contributed by atoms with Gasteiger partial charge in [-0.2, -0.15) is 0 Å². The van der Waals surface area contributed by atoms with E-state index in [1.807, 2.05) is 6.07 Å². The van der Waals surface area contributed by atoms with Crippen LogP contribution in [0.3, 0.4) is 0 Å². The van der Waals surface area contributed by atoms with Gasteiger partial charge in [-0.25, -0.2) is 0 Å². The molecule has 0 spiro atoms. The summed E-state index contributed by atoms with van der Waals surface area (Å²) in [6.45, 7) is 5.73. The van der Waals surface area contributed by atoms with Gasteiger partial charge in [-0.15, -0.1) is 0 Å². The number of hydrogen-bond donors (Lipinski definition) is 2. The van der Waals surface area contributed by atoms with Crippen molar-refractivity contribution in [3.8, 4) is 0 Å². The van der Waals surface area contributed by atoms with Crippen LogP contribution in [-0.2, 0) is 6.54 Å². The van der Waals surface area contributed by atoms with Crippen LogP contribution in [0.25, 0.3) is 0 Å². The molecule has 0 atom stereocenters. The van der Waals surface area contributed by atoms with Crippen LogP contribution in [0.5, 0.6) is 0 Å². The van der Waals surface area contributed by atoms with Crippen molar-refractivity contribution in [1.82, 2.24) is 0 Å². The van der Waals surface area contributed by atoms with E-state index in [4.69, 9.17) is 5.73 Å². The normalized spacial score (nSPS) is 9.92. The Kier molecular flexibility index (Phi) is 3.11. The van der Waals surface area contributed by atoms with E-state index in [9.17, 15) is 0 Å². The molecule has 0 aliphatic carbocycles. The van der Waals surface area contributed by atoms with Crippen molar-refractivity contribution in [2.75, 3.05) is 11.9 Å². The molecule has 2 heteroatoms. The second-order valence-corrected chi connectivity index (χ2v) is 2.84. The molecule has 12 heavy (non-hydrogen) atoms. The summed E-state index contributed by atoms with van der Waals surface area (Å²) >= 11 is 0. The van der Waals surface area contributed by atoms with Gasteiger partial charge in [-0.05, 0) is 25.0 Å². The Bertz CT molecular complexity index is 256. The number of aryl methyl sites for hydroxylation is 1. The molecular formula is C10H16N2. The van der Waals surface area contributed by atoms with Gasteiger partial charge in [0.15, 0.2) is 0 Å². The zero-order valence-electron chi connectivity index (χ0n) is 7.72. The summed E-state index contributed by atoms with van der Waals surface area (Å²) in [6, 6.07) is 6.19. The number of nitrogens with two attached hydrogens (primary N) is 1. The lowest BCUT2D eigenvalue weighted by atomic mass is 10.1. The van der Waals surface area contributed by atoms with Gasteiger partial charge >= 0.3 is 0 Å². The summed E-state index contributed by atoms with van der Waals surface area (Å²) in [5.41, 5.74) is 9.26. The summed E-state index contributed by atoms with van der Waals surface area (Å²) < 4.78 is 0. The van der Waals surface area contributed by atoms with Crippen molar-refractivity contribution in [1.29, 1.82) is 0 Å². The lowest BCUT2D eigenvalue weighted by Crippen LogP contribution is -2.06. The fourth-order valence-electron chi connectivity index (χ4n) is 1.33. The molecule has 0 aliphatic heterocycles. The molecule has 1 aromatic rings. The van der Waals surface area contributed by atoms with Crippen LogP contribution in [-0.4, -0.2) is 6.54 Å². The van der Waals surface area contributed by atoms with Crippen molar-refractivity contribution in [2.24, 2.45) is 5.73 Å². The molecule has 1 aromatic carbocycles. The summed E-state index contributed by atoms with van der Waals surface area (Å²) in [5, 5.41) is 3.32. The highest BCUT2D eigenvalue weighted by atomic mass is 14.9. The fraction of sp³-hybridized carbons (Fsp3) is 0.400. The lowest BCUT2D eigenvalue weighted by molar-refractivity contribution is 1.05. The van der Waals surface area contributed by atoms with E-state index in [0.717, 1.165) is 6.54 Å². The van der Waals surface area contributed by atoms with E-state index < -0.39 is 0 Å². The van der Waals surface area contributed by atoms with Gasteiger partial charge in [0.05, 0.1) is 0 Å². The van der Waals surface area contributed by atoms with Gasteiger partial charge in [-0.1, -0.05) is 18.2 Å². The first kappa shape index (κ1) is 9.07. The minimum Gasteiger partial charge on any atom is -0.385 e. The molecule has 0 saturated heterocycles. The highest BCUT2D eigenvalue weighted by molar-refractivity contribution is 5.57. The van der Waals surface area contributed by atoms with Crippen LogP contribution in [0, 0.1) is 6.92 Å². The summed E-state index contributed by atoms with van der Waals surface area (Å²) in [7, 11) is 0. The molecule has 0 fully saturated rings. The molecule has 0 aliphatic rings. The number of rotatable bonds is 3. The van der Waals surface area contributed by atoms with E-state index >= 15 is 0 Å². The third-order valence-electron chi connectivity index (χ3n) is 1.93. The van der Waals surface area contributed by atoms with Gasteiger partial charge in [0.1, 0.15) is 0 Å². The number of para-hydroxylation sites is 1. The molecule has 2 nitrogen and oxygen atoms in total. The SMILES string of the molecule is CCNc1c(C)cccc1CN. The van der Waals surface area contributed by atoms with Crippen LogP contribution < -0.4 is 11.1 Å². The van der Waals surface area contributed by atoms with E-state index in [-0.39, 0.29) is 0 Å². The molecule has 0 radical (unpaired) electrons. The van der Waals surface area contributed by atoms with Gasteiger partial charge in [-0.3, -0.25) is 0 Å². The Balaban J connectivity index is 3.02. The van der Waals surface area contributed by atoms with Crippen molar-refractivity contribution < 1.29 is 0 Å². The average molecular weight is 164 g/mol. The van der Waals surface area contributed by atoms with E-state index in [1.54, 1.807) is 0 Å². The molecule has 1 rings (SSSR count). The van der Waals surface area contributed by atoms with Gasteiger partial charge in [0.2, 0.25) is 0 Å². The lowest BCUT2D eigenvalue weighted by Gasteiger charge is -2.11. The smallest absolute Gasteiger partial charge is 0.0415 e. The second-order valence-electron chi connectivity index (χ2n) is 2.84. The first-order valence-corrected chi connectivity index (χ1v) is 4.32. The van der Waals surface area contributed by atoms with Crippen LogP contribution in [0.1, 0.15) is 18.1 Å². The Morgan fingerprint density at radius 1 is 1.42 bits per heavy atom. The van der Waals surface area contributed by atoms with Crippen molar-refractivity contribution in [2.45, 2.75) is 20.4 Å². The van der Waals surface area contributed by atoms with E-state index in [2.05, 4.69) is 31.3 Å².